The first kappa shape index (κ1) is 13.0. The van der Waals surface area contributed by atoms with Crippen LogP contribution in [0.25, 0.3) is 5.73 Å². The number of nitrogens with zero attached hydrogens (tertiary/aromatic N) is 1. The van der Waals surface area contributed by atoms with Crippen molar-refractivity contribution in [2.75, 3.05) is 13.6 Å². The van der Waals surface area contributed by atoms with Gasteiger partial charge in [0.05, 0.1) is 0 Å². The van der Waals surface area contributed by atoms with E-state index >= 15 is 0 Å². The van der Waals surface area contributed by atoms with Gasteiger partial charge in [-0.3, -0.25) is 0 Å². The number of halogens is 1. The Morgan fingerprint density at radius 2 is 2.07 bits per heavy atom. The molecule has 1 aliphatic rings. The molecule has 0 unspecified atom stereocenters. The van der Waals surface area contributed by atoms with Crippen LogP contribution in [0.15, 0.2) is 16.6 Å². The quantitative estimate of drug-likeness (QED) is 0.577. The molecule has 0 amide bonds. The number of fused-ring (bicyclic) bond motifs is 1. The normalized spacial score (nSPS) is 15.9. The zero-order valence-electron chi connectivity index (χ0n) is 8.18. The van der Waals surface area contributed by atoms with Crippen LogP contribution in [0, 0.1) is 44.1 Å². The van der Waals surface area contributed by atoms with Gasteiger partial charge in [-0.1, -0.05) is 27.6 Å². The summed E-state index contributed by atoms with van der Waals surface area (Å²) in [5.41, 5.74) is 11.0. The molecule has 73 valence electrons. The molecule has 2 nitrogen and oxygen atoms in total. The van der Waals surface area contributed by atoms with E-state index in [1.165, 1.54) is 11.1 Å². The summed E-state index contributed by atoms with van der Waals surface area (Å²) in [7, 11) is 2.12. The van der Waals surface area contributed by atoms with Crippen molar-refractivity contribution in [3.63, 3.8) is 0 Å². The van der Waals surface area contributed by atoms with Gasteiger partial charge in [-0.05, 0) is 25.1 Å². The SMILES string of the molecule is CN1CCc2c([NH-])ccc(Br)c2C1.[Ac]. The van der Waals surface area contributed by atoms with Crippen molar-refractivity contribution < 1.29 is 44.1 Å². The van der Waals surface area contributed by atoms with Crippen molar-refractivity contribution in [2.24, 2.45) is 0 Å². The Labute approximate surface area is 129 Å². The molecule has 4 heteroatoms. The number of hydrogen-bond acceptors (Lipinski definition) is 1. The van der Waals surface area contributed by atoms with E-state index in [1.807, 2.05) is 12.1 Å². The molecule has 0 fully saturated rings. The second kappa shape index (κ2) is 5.30. The first-order valence-electron chi connectivity index (χ1n) is 4.39. The zero-order valence-corrected chi connectivity index (χ0v) is 14.5. The van der Waals surface area contributed by atoms with Crippen LogP contribution in [0.4, 0.5) is 5.69 Å². The summed E-state index contributed by atoms with van der Waals surface area (Å²) in [6, 6.07) is 3.84. The van der Waals surface area contributed by atoms with Gasteiger partial charge in [0.1, 0.15) is 0 Å². The van der Waals surface area contributed by atoms with Crippen LogP contribution in [0.2, 0.25) is 0 Å². The molecule has 0 atom stereocenters. The standard InChI is InChI=1S/C10H12BrN2.Ac/c1-13-5-4-7-8(6-13)9(11)2-3-10(7)12;/h2-3,12H,4-6H2,1H3;/q-1;. The van der Waals surface area contributed by atoms with Gasteiger partial charge in [0, 0.05) is 61.6 Å². The van der Waals surface area contributed by atoms with E-state index < -0.39 is 0 Å². The smallest absolute Gasteiger partial charge is 0.0244 e. The van der Waals surface area contributed by atoms with Gasteiger partial charge >= 0.3 is 0 Å². The zero-order chi connectivity index (χ0) is 9.42. The molecule has 0 spiro atoms. The van der Waals surface area contributed by atoms with E-state index in [-0.39, 0.29) is 44.1 Å². The largest absolute Gasteiger partial charge is 0.698 e. The fourth-order valence-corrected chi connectivity index (χ4v) is 2.27. The summed E-state index contributed by atoms with van der Waals surface area (Å²) < 4.78 is 1.14. The van der Waals surface area contributed by atoms with Crippen LogP contribution in [-0.4, -0.2) is 18.5 Å². The van der Waals surface area contributed by atoms with E-state index in [9.17, 15) is 0 Å². The fraction of sp³-hybridized carbons (Fsp3) is 0.400. The number of likely N-dealkylation sites (N-methyl/N-ethyl adjacent to an activating group) is 1. The maximum atomic E-state index is 7.77. The van der Waals surface area contributed by atoms with Crippen LogP contribution in [0.5, 0.6) is 0 Å². The van der Waals surface area contributed by atoms with Gasteiger partial charge in [-0.25, -0.2) is 0 Å². The Bertz CT molecular complexity index is 341. The third-order valence-electron chi connectivity index (χ3n) is 2.55. The van der Waals surface area contributed by atoms with Gasteiger partial charge in [0.2, 0.25) is 0 Å². The summed E-state index contributed by atoms with van der Waals surface area (Å²) in [6.07, 6.45) is 1.00. The summed E-state index contributed by atoms with van der Waals surface area (Å²) in [4.78, 5) is 2.28. The minimum Gasteiger partial charge on any atom is -0.698 e. The van der Waals surface area contributed by atoms with E-state index in [2.05, 4.69) is 27.9 Å². The molecular formula is C10H12AcBrN2-. The molecule has 14 heavy (non-hydrogen) atoms. The van der Waals surface area contributed by atoms with Crippen molar-refractivity contribution in [3.8, 4) is 0 Å². The second-order valence-electron chi connectivity index (χ2n) is 3.54. The van der Waals surface area contributed by atoms with Crippen molar-refractivity contribution >= 4 is 21.6 Å². The molecule has 0 bridgehead atoms. The Kier molecular flexibility index (Phi) is 4.91. The van der Waals surface area contributed by atoms with Crippen LogP contribution in [0.3, 0.4) is 0 Å². The first-order valence-corrected chi connectivity index (χ1v) is 5.18. The third-order valence-corrected chi connectivity index (χ3v) is 3.29. The topological polar surface area (TPSA) is 27.0 Å². The first-order chi connectivity index (χ1) is 6.18. The van der Waals surface area contributed by atoms with Gasteiger partial charge in [-0.15, -0.1) is 5.69 Å². The second-order valence-corrected chi connectivity index (χ2v) is 4.39. The van der Waals surface area contributed by atoms with Gasteiger partial charge in [-0.2, -0.15) is 0 Å². The van der Waals surface area contributed by atoms with Crippen molar-refractivity contribution in [2.45, 2.75) is 13.0 Å². The average Bonchev–Trinajstić information content (AvgIpc) is 2.12. The molecule has 1 heterocycles. The molecule has 1 aromatic rings. The molecule has 0 aromatic heterocycles. The maximum Gasteiger partial charge on any atom is 0.0244 e. The summed E-state index contributed by atoms with van der Waals surface area (Å²) >= 11 is 3.53. The van der Waals surface area contributed by atoms with Crippen LogP contribution >= 0.6 is 15.9 Å². The van der Waals surface area contributed by atoms with E-state index in [1.54, 1.807) is 0 Å². The monoisotopic (exact) mass is 466 g/mol. The van der Waals surface area contributed by atoms with Crippen molar-refractivity contribution in [1.29, 1.82) is 0 Å². The Hall–Kier alpha value is 0.902. The molecule has 0 saturated carbocycles. The van der Waals surface area contributed by atoms with Crippen LogP contribution in [-0.2, 0) is 13.0 Å². The molecule has 1 radical (unpaired) electrons. The molecule has 1 aromatic carbocycles. The van der Waals surface area contributed by atoms with Gasteiger partial charge < -0.3 is 10.6 Å². The maximum absolute atomic E-state index is 7.77. The Morgan fingerprint density at radius 1 is 1.36 bits per heavy atom. The molecule has 0 saturated heterocycles. The molecular weight excluding hydrogens is 455 g/mol. The number of nitrogens with one attached hydrogen (secondary N) is 1. The molecule has 2 rings (SSSR count). The third kappa shape index (κ3) is 2.53. The Morgan fingerprint density at radius 3 is 2.79 bits per heavy atom. The number of rotatable bonds is 0. The minimum atomic E-state index is 0. The molecule has 1 N–H and O–H groups in total. The van der Waals surface area contributed by atoms with E-state index in [0.717, 1.165) is 24.0 Å². The minimum absolute atomic E-state index is 0. The Balaban J connectivity index is 0.000000980. The van der Waals surface area contributed by atoms with E-state index in [4.69, 9.17) is 5.73 Å². The summed E-state index contributed by atoms with van der Waals surface area (Å²) in [5, 5.41) is 0. The predicted octanol–water partition coefficient (Wildman–Crippen LogP) is 3.12. The van der Waals surface area contributed by atoms with E-state index in [0.29, 0.717) is 5.69 Å². The van der Waals surface area contributed by atoms with Crippen molar-refractivity contribution in [3.05, 3.63) is 33.5 Å². The van der Waals surface area contributed by atoms with Crippen LogP contribution < -0.4 is 0 Å². The van der Waals surface area contributed by atoms with Crippen molar-refractivity contribution in [1.82, 2.24) is 4.90 Å². The summed E-state index contributed by atoms with van der Waals surface area (Å²) in [5.74, 6) is 0. The fourth-order valence-electron chi connectivity index (χ4n) is 1.77. The predicted molar refractivity (Wildman–Crippen MR) is 58.2 cm³/mol. The molecule has 1 aliphatic heterocycles. The van der Waals surface area contributed by atoms with Crippen LogP contribution in [0.1, 0.15) is 11.1 Å². The molecule has 0 aliphatic carbocycles. The van der Waals surface area contributed by atoms with Gasteiger partial charge in [0.25, 0.3) is 0 Å². The van der Waals surface area contributed by atoms with Gasteiger partial charge in [0.15, 0.2) is 0 Å². The average molecular weight is 467 g/mol. The summed E-state index contributed by atoms with van der Waals surface area (Å²) in [6.45, 7) is 2.03. The number of hydrogen-bond donors (Lipinski definition) is 0. The number of benzene rings is 1.